The summed E-state index contributed by atoms with van der Waals surface area (Å²) in [7, 11) is -3.30. The molecule has 2 amide bonds. The molecule has 2 fully saturated rings. The van der Waals surface area contributed by atoms with Crippen molar-refractivity contribution in [1.29, 1.82) is 0 Å². The van der Waals surface area contributed by atoms with Crippen LogP contribution in [0.2, 0.25) is 0 Å². The minimum Gasteiger partial charge on any atom is -0.369 e. The maximum Gasteiger partial charge on any atom is 0.228 e. The topological polar surface area (TPSA) is 126 Å². The van der Waals surface area contributed by atoms with Gasteiger partial charge in [-0.15, -0.1) is 0 Å². The van der Waals surface area contributed by atoms with Crippen molar-refractivity contribution in [2.75, 3.05) is 42.1 Å². The summed E-state index contributed by atoms with van der Waals surface area (Å²) < 4.78 is 26.1. The van der Waals surface area contributed by atoms with Crippen LogP contribution in [0.25, 0.3) is 0 Å². The molecule has 0 aromatic carbocycles. The first-order valence-corrected chi connectivity index (χ1v) is 12.2. The number of carbonyl (C=O) groups is 2. The molecule has 3 heterocycles. The third-order valence-corrected chi connectivity index (χ3v) is 7.82. The first-order chi connectivity index (χ1) is 14.3. The Balaban J connectivity index is 1.58. The molecule has 2 aliphatic rings. The Kier molecular flexibility index (Phi) is 7.30. The second kappa shape index (κ2) is 9.74. The predicted molar refractivity (Wildman–Crippen MR) is 115 cm³/mol. The zero-order chi connectivity index (χ0) is 21.7. The van der Waals surface area contributed by atoms with Gasteiger partial charge < -0.3 is 16.0 Å². The Bertz CT molecular complexity index is 858. The van der Waals surface area contributed by atoms with Gasteiger partial charge in [0.1, 0.15) is 5.82 Å². The van der Waals surface area contributed by atoms with Crippen LogP contribution >= 0.6 is 0 Å². The summed E-state index contributed by atoms with van der Waals surface area (Å²) in [6.45, 7) is 3.90. The molecule has 10 heteroatoms. The van der Waals surface area contributed by atoms with Gasteiger partial charge in [-0.05, 0) is 44.2 Å². The van der Waals surface area contributed by atoms with Gasteiger partial charge in [0.15, 0.2) is 0 Å². The number of hydrogen-bond donors (Lipinski definition) is 2. The lowest BCUT2D eigenvalue weighted by Crippen LogP contribution is -2.44. The Morgan fingerprint density at radius 3 is 2.57 bits per heavy atom. The largest absolute Gasteiger partial charge is 0.369 e. The molecule has 2 saturated heterocycles. The number of sulfonamides is 1. The van der Waals surface area contributed by atoms with Crippen molar-refractivity contribution in [3.8, 4) is 0 Å². The van der Waals surface area contributed by atoms with Crippen molar-refractivity contribution < 1.29 is 18.0 Å². The fourth-order valence-corrected chi connectivity index (χ4v) is 5.69. The number of hydrogen-bond acceptors (Lipinski definition) is 6. The molecule has 0 radical (unpaired) electrons. The van der Waals surface area contributed by atoms with Crippen molar-refractivity contribution in [1.82, 2.24) is 9.29 Å². The highest BCUT2D eigenvalue weighted by molar-refractivity contribution is 7.89. The highest BCUT2D eigenvalue weighted by atomic mass is 32.2. The molecular formula is C20H31N5O4S. The quantitative estimate of drug-likeness (QED) is 0.660. The van der Waals surface area contributed by atoms with E-state index < -0.39 is 10.0 Å². The second-order valence-electron chi connectivity index (χ2n) is 8.10. The molecule has 0 bridgehead atoms. The van der Waals surface area contributed by atoms with Crippen LogP contribution in [0.15, 0.2) is 18.3 Å². The fourth-order valence-electron chi connectivity index (χ4n) is 4.10. The number of nitrogens with two attached hydrogens (primary N) is 1. The number of nitrogens with zero attached hydrogens (tertiary/aromatic N) is 3. The highest BCUT2D eigenvalue weighted by Crippen LogP contribution is 2.24. The van der Waals surface area contributed by atoms with Crippen LogP contribution in [0.3, 0.4) is 0 Å². The van der Waals surface area contributed by atoms with E-state index in [1.54, 1.807) is 12.3 Å². The van der Waals surface area contributed by atoms with E-state index in [4.69, 9.17) is 5.73 Å². The molecule has 2 atom stereocenters. The number of rotatable bonds is 7. The van der Waals surface area contributed by atoms with Crippen molar-refractivity contribution in [2.24, 2.45) is 17.6 Å². The van der Waals surface area contributed by atoms with Crippen molar-refractivity contribution >= 4 is 33.3 Å². The third kappa shape index (κ3) is 5.48. The van der Waals surface area contributed by atoms with Gasteiger partial charge in [0.05, 0.1) is 29.5 Å². The van der Waals surface area contributed by atoms with E-state index in [9.17, 15) is 18.0 Å². The van der Waals surface area contributed by atoms with E-state index in [-0.39, 0.29) is 35.9 Å². The lowest BCUT2D eigenvalue weighted by molar-refractivity contribution is -0.122. The number of anilines is 2. The maximum absolute atomic E-state index is 12.7. The molecule has 1 aromatic heterocycles. The lowest BCUT2D eigenvalue weighted by Gasteiger charge is -2.32. The third-order valence-electron chi connectivity index (χ3n) is 5.77. The van der Waals surface area contributed by atoms with Crippen molar-refractivity contribution in [3.63, 3.8) is 0 Å². The molecule has 30 heavy (non-hydrogen) atoms. The van der Waals surface area contributed by atoms with Gasteiger partial charge in [0.2, 0.25) is 21.8 Å². The first-order valence-electron chi connectivity index (χ1n) is 10.6. The van der Waals surface area contributed by atoms with Gasteiger partial charge in [-0.1, -0.05) is 6.92 Å². The van der Waals surface area contributed by atoms with Gasteiger partial charge in [0, 0.05) is 26.2 Å². The molecule has 1 aromatic rings. The normalized spacial score (nSPS) is 23.2. The molecule has 3 rings (SSSR count). The summed E-state index contributed by atoms with van der Waals surface area (Å²) in [5, 5.41) is 2.86. The summed E-state index contributed by atoms with van der Waals surface area (Å²) in [4.78, 5) is 30.6. The Morgan fingerprint density at radius 1 is 1.17 bits per heavy atom. The summed E-state index contributed by atoms with van der Waals surface area (Å²) >= 11 is 0. The number of nitrogens with one attached hydrogen (secondary N) is 1. The van der Waals surface area contributed by atoms with Crippen LogP contribution in [0, 0.1) is 11.8 Å². The smallest absolute Gasteiger partial charge is 0.228 e. The van der Waals surface area contributed by atoms with Crippen LogP contribution in [0.4, 0.5) is 11.5 Å². The number of piperidine rings is 2. The van der Waals surface area contributed by atoms with Crippen LogP contribution in [0.5, 0.6) is 0 Å². The average Bonchev–Trinajstić information content (AvgIpc) is 2.74. The summed E-state index contributed by atoms with van der Waals surface area (Å²) in [6, 6.07) is 3.60. The van der Waals surface area contributed by atoms with Crippen LogP contribution in [0.1, 0.15) is 39.0 Å². The van der Waals surface area contributed by atoms with E-state index in [0.29, 0.717) is 38.0 Å². The summed E-state index contributed by atoms with van der Waals surface area (Å²) in [5.41, 5.74) is 6.01. The number of pyridine rings is 1. The van der Waals surface area contributed by atoms with Crippen LogP contribution < -0.4 is 16.0 Å². The molecule has 9 nitrogen and oxygen atoms in total. The first kappa shape index (κ1) is 22.5. The molecule has 166 valence electrons. The monoisotopic (exact) mass is 437 g/mol. The lowest BCUT2D eigenvalue weighted by atomic mass is 9.97. The van der Waals surface area contributed by atoms with Crippen LogP contribution in [-0.2, 0) is 19.6 Å². The molecule has 0 spiro atoms. The minimum atomic E-state index is -3.30. The summed E-state index contributed by atoms with van der Waals surface area (Å²) in [5.74, 6) is -0.159. The Morgan fingerprint density at radius 2 is 1.90 bits per heavy atom. The summed E-state index contributed by atoms with van der Waals surface area (Å²) in [6.07, 6.45) is 5.17. The highest BCUT2D eigenvalue weighted by Gasteiger charge is 2.32. The molecule has 2 unspecified atom stereocenters. The average molecular weight is 438 g/mol. The van der Waals surface area contributed by atoms with Gasteiger partial charge in [-0.3, -0.25) is 9.59 Å². The Labute approximate surface area is 178 Å². The zero-order valence-electron chi connectivity index (χ0n) is 17.4. The van der Waals surface area contributed by atoms with Crippen molar-refractivity contribution in [2.45, 2.75) is 39.0 Å². The fraction of sp³-hybridized carbons (Fsp3) is 0.650. The van der Waals surface area contributed by atoms with E-state index in [0.717, 1.165) is 25.2 Å². The predicted octanol–water partition coefficient (Wildman–Crippen LogP) is 1.17. The van der Waals surface area contributed by atoms with Crippen molar-refractivity contribution in [3.05, 3.63) is 18.3 Å². The van der Waals surface area contributed by atoms with Gasteiger partial charge in [0.25, 0.3) is 0 Å². The SMILES string of the molecule is CCCS(=O)(=O)N1CCCC(C(=O)Nc2ccc(N3CCCC(C(N)=O)C3)nc2)C1. The molecule has 0 aliphatic carbocycles. The van der Waals surface area contributed by atoms with Gasteiger partial charge in [-0.2, -0.15) is 0 Å². The number of amides is 2. The number of primary amides is 1. The van der Waals surface area contributed by atoms with E-state index >= 15 is 0 Å². The minimum absolute atomic E-state index is 0.111. The second-order valence-corrected chi connectivity index (χ2v) is 10.2. The molecule has 2 aliphatic heterocycles. The standard InChI is InChI=1S/C20H31N5O4S/c1-2-11-30(28,29)25-10-4-6-16(14-25)20(27)23-17-7-8-18(22-12-17)24-9-3-5-15(13-24)19(21)26/h7-8,12,15-16H,2-6,9-11,13-14H2,1H3,(H2,21,26)(H,23,27). The molecule has 3 N–H and O–H groups in total. The van der Waals surface area contributed by atoms with E-state index in [1.807, 2.05) is 17.9 Å². The number of aromatic nitrogens is 1. The van der Waals surface area contributed by atoms with Gasteiger partial charge in [-0.25, -0.2) is 17.7 Å². The molecule has 0 saturated carbocycles. The molecular weight excluding hydrogens is 406 g/mol. The van der Waals surface area contributed by atoms with Crippen LogP contribution in [-0.4, -0.2) is 61.5 Å². The van der Waals surface area contributed by atoms with E-state index in [2.05, 4.69) is 10.3 Å². The zero-order valence-corrected chi connectivity index (χ0v) is 18.2. The van der Waals surface area contributed by atoms with Gasteiger partial charge >= 0.3 is 0 Å². The maximum atomic E-state index is 12.7. The Hall–Kier alpha value is -2.20. The number of carbonyl (C=O) groups excluding carboxylic acids is 2. The van der Waals surface area contributed by atoms with E-state index in [1.165, 1.54) is 4.31 Å².